The van der Waals surface area contributed by atoms with Gasteiger partial charge in [-0.1, -0.05) is 42.5 Å². The number of esters is 2. The third-order valence-corrected chi connectivity index (χ3v) is 5.49. The summed E-state index contributed by atoms with van der Waals surface area (Å²) in [5.74, 6) is -1.71. The standard InChI is InChI=1S/C25H20N2O5S/c1-3-32-25(30)21-20(17-7-5-4-6-8-17)15-33-23(21)27-22(28)19(14-26)13-16-9-11-18(12-10-16)24(29)31-2/h4-13,15H,3H2,1-2H3,(H,27,28). The van der Waals surface area contributed by atoms with E-state index < -0.39 is 17.8 Å². The van der Waals surface area contributed by atoms with Crippen molar-refractivity contribution in [2.45, 2.75) is 6.92 Å². The van der Waals surface area contributed by atoms with Crippen LogP contribution in [-0.2, 0) is 14.3 Å². The Kier molecular flexibility index (Phi) is 7.73. The number of nitrogens with zero attached hydrogens (tertiary/aromatic N) is 1. The van der Waals surface area contributed by atoms with Gasteiger partial charge in [-0.05, 0) is 36.3 Å². The molecule has 0 saturated carbocycles. The quantitative estimate of drug-likeness (QED) is 0.305. The van der Waals surface area contributed by atoms with Crippen LogP contribution in [0.25, 0.3) is 17.2 Å². The molecule has 0 aliphatic heterocycles. The molecule has 8 heteroatoms. The molecule has 0 aliphatic rings. The third kappa shape index (κ3) is 5.53. The molecule has 0 unspecified atom stereocenters. The summed E-state index contributed by atoms with van der Waals surface area (Å²) in [5, 5.41) is 14.2. The van der Waals surface area contributed by atoms with Gasteiger partial charge in [-0.25, -0.2) is 9.59 Å². The van der Waals surface area contributed by atoms with E-state index in [1.54, 1.807) is 24.4 Å². The van der Waals surface area contributed by atoms with E-state index in [2.05, 4.69) is 10.1 Å². The lowest BCUT2D eigenvalue weighted by molar-refractivity contribution is -0.112. The maximum Gasteiger partial charge on any atom is 0.341 e. The number of nitriles is 1. The molecule has 1 N–H and O–H groups in total. The number of benzene rings is 2. The van der Waals surface area contributed by atoms with Crippen LogP contribution in [0.5, 0.6) is 0 Å². The van der Waals surface area contributed by atoms with Crippen molar-refractivity contribution in [3.63, 3.8) is 0 Å². The predicted molar refractivity (Wildman–Crippen MR) is 126 cm³/mol. The zero-order chi connectivity index (χ0) is 23.8. The van der Waals surface area contributed by atoms with Crippen molar-refractivity contribution in [1.82, 2.24) is 0 Å². The first kappa shape index (κ1) is 23.4. The molecule has 0 aliphatic carbocycles. The third-order valence-electron chi connectivity index (χ3n) is 4.59. The van der Waals surface area contributed by atoms with Crippen LogP contribution in [0.2, 0.25) is 0 Å². The van der Waals surface area contributed by atoms with Crippen LogP contribution in [0.15, 0.2) is 65.6 Å². The first-order valence-corrected chi connectivity index (χ1v) is 10.8. The van der Waals surface area contributed by atoms with E-state index in [9.17, 15) is 19.6 Å². The van der Waals surface area contributed by atoms with Gasteiger partial charge in [-0.3, -0.25) is 4.79 Å². The average molecular weight is 461 g/mol. The van der Waals surface area contributed by atoms with Gasteiger partial charge >= 0.3 is 11.9 Å². The van der Waals surface area contributed by atoms with Crippen LogP contribution in [-0.4, -0.2) is 31.6 Å². The van der Waals surface area contributed by atoms with Gasteiger partial charge in [0.15, 0.2) is 0 Å². The van der Waals surface area contributed by atoms with Crippen LogP contribution >= 0.6 is 11.3 Å². The Bertz CT molecular complexity index is 1240. The van der Waals surface area contributed by atoms with Crippen LogP contribution in [0.3, 0.4) is 0 Å². The Balaban J connectivity index is 1.90. The number of hydrogen-bond acceptors (Lipinski definition) is 7. The molecule has 3 aromatic rings. The number of thiophene rings is 1. The molecule has 0 spiro atoms. The van der Waals surface area contributed by atoms with Gasteiger partial charge in [0.05, 0.1) is 19.3 Å². The van der Waals surface area contributed by atoms with Crippen LogP contribution in [0.4, 0.5) is 5.00 Å². The van der Waals surface area contributed by atoms with E-state index in [4.69, 9.17) is 4.74 Å². The van der Waals surface area contributed by atoms with Gasteiger partial charge in [0, 0.05) is 10.9 Å². The summed E-state index contributed by atoms with van der Waals surface area (Å²) in [5.41, 5.74) is 2.42. The van der Waals surface area contributed by atoms with E-state index >= 15 is 0 Å². The second kappa shape index (κ2) is 10.9. The van der Waals surface area contributed by atoms with Gasteiger partial charge in [0.25, 0.3) is 5.91 Å². The smallest absolute Gasteiger partial charge is 0.341 e. The van der Waals surface area contributed by atoms with Crippen molar-refractivity contribution in [3.8, 4) is 17.2 Å². The summed E-state index contributed by atoms with van der Waals surface area (Å²) >= 11 is 1.17. The Labute approximate surface area is 194 Å². The minimum absolute atomic E-state index is 0.162. The molecular formula is C25H20N2O5S. The summed E-state index contributed by atoms with van der Waals surface area (Å²) in [4.78, 5) is 37.0. The van der Waals surface area contributed by atoms with E-state index in [0.29, 0.717) is 21.7 Å². The van der Waals surface area contributed by atoms with Crippen molar-refractivity contribution >= 4 is 40.3 Å². The summed E-state index contributed by atoms with van der Waals surface area (Å²) < 4.78 is 9.85. The monoisotopic (exact) mass is 460 g/mol. The average Bonchev–Trinajstić information content (AvgIpc) is 3.26. The first-order valence-electron chi connectivity index (χ1n) is 9.94. The SMILES string of the molecule is CCOC(=O)c1c(-c2ccccc2)csc1NC(=O)C(C#N)=Cc1ccc(C(=O)OC)cc1. The minimum atomic E-state index is -0.665. The highest BCUT2D eigenvalue weighted by molar-refractivity contribution is 7.15. The molecule has 3 rings (SSSR count). The van der Waals surface area contributed by atoms with Crippen molar-refractivity contribution in [2.24, 2.45) is 0 Å². The lowest BCUT2D eigenvalue weighted by Crippen LogP contribution is -2.16. The maximum atomic E-state index is 12.8. The number of anilines is 1. The molecule has 1 heterocycles. The van der Waals surface area contributed by atoms with Crippen molar-refractivity contribution in [3.05, 3.63) is 82.2 Å². The maximum absolute atomic E-state index is 12.8. The molecule has 7 nitrogen and oxygen atoms in total. The molecule has 0 bridgehead atoms. The molecule has 33 heavy (non-hydrogen) atoms. The number of methoxy groups -OCH3 is 1. The second-order valence-electron chi connectivity index (χ2n) is 6.68. The number of ether oxygens (including phenoxy) is 2. The molecule has 166 valence electrons. The Morgan fingerprint density at radius 3 is 2.36 bits per heavy atom. The predicted octanol–water partition coefficient (Wildman–Crippen LogP) is 4.92. The highest BCUT2D eigenvalue weighted by Gasteiger charge is 2.23. The Morgan fingerprint density at radius 2 is 1.76 bits per heavy atom. The van der Waals surface area contributed by atoms with Gasteiger partial charge < -0.3 is 14.8 Å². The lowest BCUT2D eigenvalue weighted by atomic mass is 10.0. The van der Waals surface area contributed by atoms with Gasteiger partial charge in [-0.2, -0.15) is 5.26 Å². The highest BCUT2D eigenvalue weighted by Crippen LogP contribution is 2.36. The molecule has 2 aromatic carbocycles. The van der Waals surface area contributed by atoms with Gasteiger partial charge in [0.2, 0.25) is 0 Å². The Hall–Kier alpha value is -4.22. The molecule has 0 atom stereocenters. The Morgan fingerprint density at radius 1 is 1.06 bits per heavy atom. The zero-order valence-electron chi connectivity index (χ0n) is 18.0. The molecule has 1 amide bonds. The van der Waals surface area contributed by atoms with Crippen molar-refractivity contribution in [2.75, 3.05) is 19.0 Å². The van der Waals surface area contributed by atoms with Gasteiger partial charge in [0.1, 0.15) is 22.2 Å². The number of carbonyl (C=O) groups excluding carboxylic acids is 3. The fraction of sp³-hybridized carbons (Fsp3) is 0.120. The zero-order valence-corrected chi connectivity index (χ0v) is 18.8. The molecule has 1 aromatic heterocycles. The van der Waals surface area contributed by atoms with Gasteiger partial charge in [-0.15, -0.1) is 11.3 Å². The topological polar surface area (TPSA) is 105 Å². The normalized spacial score (nSPS) is 10.8. The number of hydrogen-bond donors (Lipinski definition) is 1. The molecule has 0 fully saturated rings. The fourth-order valence-electron chi connectivity index (χ4n) is 3.00. The summed E-state index contributed by atoms with van der Waals surface area (Å²) in [6, 6.07) is 17.4. The van der Waals surface area contributed by atoms with E-state index in [-0.39, 0.29) is 17.7 Å². The fourth-order valence-corrected chi connectivity index (χ4v) is 3.96. The number of amides is 1. The largest absolute Gasteiger partial charge is 0.465 e. The van der Waals surface area contributed by atoms with Crippen molar-refractivity contribution < 1.29 is 23.9 Å². The molecule has 0 radical (unpaired) electrons. The minimum Gasteiger partial charge on any atom is -0.465 e. The van der Waals surface area contributed by atoms with E-state index in [1.165, 1.54) is 36.7 Å². The van der Waals surface area contributed by atoms with E-state index in [0.717, 1.165) is 5.56 Å². The summed E-state index contributed by atoms with van der Waals surface area (Å²) in [6.07, 6.45) is 1.39. The second-order valence-corrected chi connectivity index (χ2v) is 7.56. The number of carbonyl (C=O) groups is 3. The summed E-state index contributed by atoms with van der Waals surface area (Å²) in [6.45, 7) is 1.88. The highest BCUT2D eigenvalue weighted by atomic mass is 32.1. The van der Waals surface area contributed by atoms with Crippen LogP contribution in [0, 0.1) is 11.3 Å². The van der Waals surface area contributed by atoms with E-state index in [1.807, 2.05) is 36.4 Å². The number of rotatable bonds is 7. The molecule has 0 saturated heterocycles. The van der Waals surface area contributed by atoms with Crippen molar-refractivity contribution in [1.29, 1.82) is 5.26 Å². The van der Waals surface area contributed by atoms with Crippen LogP contribution in [0.1, 0.15) is 33.2 Å². The molecular weight excluding hydrogens is 440 g/mol. The first-order chi connectivity index (χ1) is 16.0. The lowest BCUT2D eigenvalue weighted by Gasteiger charge is -2.08. The number of nitrogens with one attached hydrogen (secondary N) is 1. The summed E-state index contributed by atoms with van der Waals surface area (Å²) in [7, 11) is 1.28. The van der Waals surface area contributed by atoms with Crippen LogP contribution < -0.4 is 5.32 Å².